The molecule has 0 aliphatic heterocycles. The molecule has 22 heavy (non-hydrogen) atoms. The summed E-state index contributed by atoms with van der Waals surface area (Å²) in [5.41, 5.74) is 2.47. The van der Waals surface area contributed by atoms with Gasteiger partial charge >= 0.3 is 5.97 Å². The van der Waals surface area contributed by atoms with Gasteiger partial charge in [0.2, 0.25) is 0 Å². The summed E-state index contributed by atoms with van der Waals surface area (Å²) in [5, 5.41) is 9.08. The van der Waals surface area contributed by atoms with Crippen molar-refractivity contribution < 1.29 is 9.90 Å². The highest BCUT2D eigenvalue weighted by atomic mass is 16.4. The molecule has 0 aliphatic rings. The van der Waals surface area contributed by atoms with Crippen molar-refractivity contribution in [2.75, 3.05) is 13.1 Å². The summed E-state index contributed by atoms with van der Waals surface area (Å²) in [7, 11) is 0. The molecule has 0 bridgehead atoms. The average molecular weight is 298 g/mol. The zero-order valence-electron chi connectivity index (χ0n) is 12.9. The fourth-order valence-electron chi connectivity index (χ4n) is 2.47. The highest BCUT2D eigenvalue weighted by molar-refractivity contribution is 5.87. The molecule has 0 spiro atoms. The van der Waals surface area contributed by atoms with E-state index < -0.39 is 5.97 Å². The molecular formula is C18H22N2O2. The summed E-state index contributed by atoms with van der Waals surface area (Å²) < 4.78 is 0. The van der Waals surface area contributed by atoms with Crippen LogP contribution in [0.2, 0.25) is 0 Å². The first-order chi connectivity index (χ1) is 10.7. The predicted molar refractivity (Wildman–Crippen MR) is 86.9 cm³/mol. The van der Waals surface area contributed by atoms with E-state index in [-0.39, 0.29) is 0 Å². The Balaban J connectivity index is 1.99. The van der Waals surface area contributed by atoms with E-state index in [0.29, 0.717) is 5.56 Å². The number of aromatic nitrogens is 1. The fraction of sp³-hybridized carbons (Fsp3) is 0.333. The molecule has 0 fully saturated rings. The lowest BCUT2D eigenvalue weighted by Crippen LogP contribution is -2.26. The second-order valence-corrected chi connectivity index (χ2v) is 5.35. The molecule has 2 aromatic rings. The van der Waals surface area contributed by atoms with Crippen LogP contribution in [0, 0.1) is 0 Å². The van der Waals surface area contributed by atoms with Gasteiger partial charge in [0.05, 0.1) is 5.56 Å². The molecule has 0 amide bonds. The number of carbonyl (C=O) groups is 1. The standard InChI is InChI=1S/C18H22N2O2/c1-2-11-20(12-9-17-8-3-4-10-19-17)14-15-6-5-7-16(13-15)18(21)22/h3-8,10,13H,2,9,11-12,14H2,1H3,(H,21,22). The van der Waals surface area contributed by atoms with Crippen LogP contribution in [0.25, 0.3) is 0 Å². The summed E-state index contributed by atoms with van der Waals surface area (Å²) in [6.45, 7) is 4.83. The summed E-state index contributed by atoms with van der Waals surface area (Å²) in [6.07, 6.45) is 3.79. The number of hydrogen-bond acceptors (Lipinski definition) is 3. The third-order valence-corrected chi connectivity index (χ3v) is 3.53. The zero-order valence-corrected chi connectivity index (χ0v) is 12.9. The van der Waals surface area contributed by atoms with Gasteiger partial charge in [-0.15, -0.1) is 0 Å². The summed E-state index contributed by atoms with van der Waals surface area (Å²) in [6, 6.07) is 13.1. The number of benzene rings is 1. The average Bonchev–Trinajstić information content (AvgIpc) is 2.54. The molecule has 4 nitrogen and oxygen atoms in total. The molecular weight excluding hydrogens is 276 g/mol. The molecule has 2 rings (SSSR count). The number of rotatable bonds is 8. The number of pyridine rings is 1. The molecule has 0 saturated heterocycles. The smallest absolute Gasteiger partial charge is 0.335 e. The number of hydrogen-bond donors (Lipinski definition) is 1. The van der Waals surface area contributed by atoms with Gasteiger partial charge in [-0.25, -0.2) is 4.79 Å². The number of aromatic carboxylic acids is 1. The van der Waals surface area contributed by atoms with Crippen molar-refractivity contribution in [2.24, 2.45) is 0 Å². The molecule has 1 aromatic heterocycles. The largest absolute Gasteiger partial charge is 0.478 e. The van der Waals surface area contributed by atoms with E-state index in [1.807, 2.05) is 36.5 Å². The van der Waals surface area contributed by atoms with Gasteiger partial charge in [-0.2, -0.15) is 0 Å². The summed E-state index contributed by atoms with van der Waals surface area (Å²) in [4.78, 5) is 17.7. The van der Waals surface area contributed by atoms with Crippen LogP contribution in [0.3, 0.4) is 0 Å². The van der Waals surface area contributed by atoms with Crippen molar-refractivity contribution in [2.45, 2.75) is 26.3 Å². The second-order valence-electron chi connectivity index (χ2n) is 5.35. The lowest BCUT2D eigenvalue weighted by molar-refractivity contribution is 0.0696. The van der Waals surface area contributed by atoms with E-state index in [2.05, 4.69) is 16.8 Å². The van der Waals surface area contributed by atoms with Gasteiger partial charge < -0.3 is 5.11 Å². The molecule has 0 radical (unpaired) electrons. The van der Waals surface area contributed by atoms with Gasteiger partial charge in [-0.3, -0.25) is 9.88 Å². The molecule has 4 heteroatoms. The van der Waals surface area contributed by atoms with E-state index >= 15 is 0 Å². The maximum Gasteiger partial charge on any atom is 0.335 e. The SMILES string of the molecule is CCCN(CCc1ccccn1)Cc1cccc(C(=O)O)c1. The first kappa shape index (κ1) is 16.2. The molecule has 0 saturated carbocycles. The third-order valence-electron chi connectivity index (χ3n) is 3.53. The van der Waals surface area contributed by atoms with Gasteiger partial charge in [0, 0.05) is 31.4 Å². The maximum atomic E-state index is 11.1. The molecule has 1 heterocycles. The minimum Gasteiger partial charge on any atom is -0.478 e. The lowest BCUT2D eigenvalue weighted by atomic mass is 10.1. The number of carboxylic acid groups (broad SMARTS) is 1. The Hall–Kier alpha value is -2.20. The molecule has 1 N–H and O–H groups in total. The Bertz CT molecular complexity index is 599. The van der Waals surface area contributed by atoms with Gasteiger partial charge in [0.25, 0.3) is 0 Å². The Kier molecular flexibility index (Phi) is 6.10. The number of carboxylic acids is 1. The van der Waals surface area contributed by atoms with Crippen LogP contribution >= 0.6 is 0 Å². The van der Waals surface area contributed by atoms with Crippen molar-refractivity contribution in [3.63, 3.8) is 0 Å². The van der Waals surface area contributed by atoms with Gasteiger partial charge in [-0.05, 0) is 42.8 Å². The molecule has 0 atom stereocenters. The van der Waals surface area contributed by atoms with E-state index in [1.54, 1.807) is 12.1 Å². The molecule has 1 aromatic carbocycles. The van der Waals surface area contributed by atoms with E-state index in [1.165, 1.54) is 0 Å². The topological polar surface area (TPSA) is 53.4 Å². The quantitative estimate of drug-likeness (QED) is 0.813. The van der Waals surface area contributed by atoms with Crippen molar-refractivity contribution in [3.8, 4) is 0 Å². The van der Waals surface area contributed by atoms with Crippen molar-refractivity contribution >= 4 is 5.97 Å². The van der Waals surface area contributed by atoms with Crippen LogP contribution in [-0.2, 0) is 13.0 Å². The second kappa shape index (κ2) is 8.29. The van der Waals surface area contributed by atoms with Crippen LogP contribution in [-0.4, -0.2) is 34.0 Å². The molecule has 0 aliphatic carbocycles. The highest BCUT2D eigenvalue weighted by Crippen LogP contribution is 2.10. The molecule has 116 valence electrons. The van der Waals surface area contributed by atoms with E-state index in [0.717, 1.165) is 43.7 Å². The Morgan fingerprint density at radius 3 is 2.73 bits per heavy atom. The van der Waals surface area contributed by atoms with E-state index in [9.17, 15) is 4.79 Å². The normalized spacial score (nSPS) is 10.8. The summed E-state index contributed by atoms with van der Waals surface area (Å²) in [5.74, 6) is -0.877. The minimum atomic E-state index is -0.877. The summed E-state index contributed by atoms with van der Waals surface area (Å²) >= 11 is 0. The van der Waals surface area contributed by atoms with Gasteiger partial charge in [0.15, 0.2) is 0 Å². The van der Waals surface area contributed by atoms with Crippen LogP contribution in [0.5, 0.6) is 0 Å². The first-order valence-electron chi connectivity index (χ1n) is 7.63. The maximum absolute atomic E-state index is 11.1. The van der Waals surface area contributed by atoms with Crippen molar-refractivity contribution in [1.29, 1.82) is 0 Å². The Morgan fingerprint density at radius 2 is 2.05 bits per heavy atom. The van der Waals surface area contributed by atoms with Gasteiger partial charge in [-0.1, -0.05) is 25.1 Å². The van der Waals surface area contributed by atoms with E-state index in [4.69, 9.17) is 5.11 Å². The van der Waals surface area contributed by atoms with Crippen LogP contribution in [0.4, 0.5) is 0 Å². The zero-order chi connectivity index (χ0) is 15.8. The predicted octanol–water partition coefficient (Wildman–Crippen LogP) is 3.23. The third kappa shape index (κ3) is 4.97. The lowest BCUT2D eigenvalue weighted by Gasteiger charge is -2.21. The van der Waals surface area contributed by atoms with Crippen LogP contribution in [0.1, 0.15) is 35.0 Å². The van der Waals surface area contributed by atoms with Crippen LogP contribution < -0.4 is 0 Å². The van der Waals surface area contributed by atoms with Crippen molar-refractivity contribution in [3.05, 3.63) is 65.5 Å². The number of nitrogens with zero attached hydrogens (tertiary/aromatic N) is 2. The Morgan fingerprint density at radius 1 is 1.18 bits per heavy atom. The monoisotopic (exact) mass is 298 g/mol. The highest BCUT2D eigenvalue weighted by Gasteiger charge is 2.08. The fourth-order valence-corrected chi connectivity index (χ4v) is 2.47. The minimum absolute atomic E-state index is 0.346. The Labute approximate surface area is 131 Å². The van der Waals surface area contributed by atoms with Crippen molar-refractivity contribution in [1.82, 2.24) is 9.88 Å². The van der Waals surface area contributed by atoms with Gasteiger partial charge in [0.1, 0.15) is 0 Å². The van der Waals surface area contributed by atoms with Crippen LogP contribution in [0.15, 0.2) is 48.7 Å². The first-order valence-corrected chi connectivity index (χ1v) is 7.63. The molecule has 0 unspecified atom stereocenters.